The Morgan fingerprint density at radius 3 is 2.35 bits per heavy atom. The lowest BCUT2D eigenvalue weighted by Crippen LogP contribution is -2.55. The fourth-order valence-corrected chi connectivity index (χ4v) is 6.12. The molecular formula is C21H22N4O4S2. The van der Waals surface area contributed by atoms with Crippen LogP contribution in [0.3, 0.4) is 0 Å². The van der Waals surface area contributed by atoms with E-state index < -0.39 is 16.1 Å². The van der Waals surface area contributed by atoms with E-state index in [2.05, 4.69) is 0 Å². The fourth-order valence-electron chi connectivity index (χ4n) is 4.02. The summed E-state index contributed by atoms with van der Waals surface area (Å²) in [5, 5.41) is 10.7. The molecule has 0 bridgehead atoms. The van der Waals surface area contributed by atoms with E-state index in [-0.39, 0.29) is 42.9 Å². The van der Waals surface area contributed by atoms with Crippen molar-refractivity contribution >= 4 is 33.2 Å². The van der Waals surface area contributed by atoms with Crippen molar-refractivity contribution in [1.82, 2.24) is 14.1 Å². The van der Waals surface area contributed by atoms with Crippen LogP contribution < -0.4 is 0 Å². The van der Waals surface area contributed by atoms with Crippen molar-refractivity contribution in [1.29, 1.82) is 5.26 Å². The zero-order chi connectivity index (χ0) is 22.0. The van der Waals surface area contributed by atoms with Crippen LogP contribution in [0.2, 0.25) is 0 Å². The average Bonchev–Trinajstić information content (AvgIpc) is 3.51. The van der Waals surface area contributed by atoms with Crippen molar-refractivity contribution in [3.8, 4) is 6.07 Å². The molecule has 0 N–H and O–H groups in total. The number of carbonyl (C=O) groups is 2. The largest absolute Gasteiger partial charge is 0.338 e. The Bertz CT molecular complexity index is 1100. The van der Waals surface area contributed by atoms with Gasteiger partial charge in [-0.1, -0.05) is 6.07 Å². The molecule has 0 saturated carbocycles. The summed E-state index contributed by atoms with van der Waals surface area (Å²) in [5.74, 6) is -0.231. The molecular weight excluding hydrogens is 436 g/mol. The number of rotatable bonds is 4. The van der Waals surface area contributed by atoms with Crippen LogP contribution in [0.25, 0.3) is 0 Å². The molecule has 2 fully saturated rings. The van der Waals surface area contributed by atoms with Crippen molar-refractivity contribution < 1.29 is 18.0 Å². The van der Waals surface area contributed by atoms with E-state index in [0.29, 0.717) is 23.4 Å². The molecule has 0 aliphatic carbocycles. The van der Waals surface area contributed by atoms with Crippen molar-refractivity contribution in [2.45, 2.75) is 23.8 Å². The highest BCUT2D eigenvalue weighted by atomic mass is 32.2. The standard InChI is InChI=1S/C21H22N4O4S2/c22-15-16-5-7-17(8-6-16)31(28,29)24-12-10-23(11-13-24)20(26)18-3-1-9-25(18)21(27)19-4-2-14-30-19/h2,4-8,14,18H,1,3,9-13H2/t18-/m0/s1. The van der Waals surface area contributed by atoms with E-state index in [0.717, 1.165) is 6.42 Å². The molecule has 2 amide bonds. The summed E-state index contributed by atoms with van der Waals surface area (Å²) in [5.41, 5.74) is 0.396. The molecule has 2 aromatic rings. The summed E-state index contributed by atoms with van der Waals surface area (Å²) in [4.78, 5) is 29.9. The molecule has 162 valence electrons. The number of hydrogen-bond donors (Lipinski definition) is 0. The highest BCUT2D eigenvalue weighted by Gasteiger charge is 2.39. The lowest BCUT2D eigenvalue weighted by atomic mass is 10.1. The Morgan fingerprint density at radius 2 is 1.74 bits per heavy atom. The van der Waals surface area contributed by atoms with Gasteiger partial charge in [0.25, 0.3) is 5.91 Å². The predicted molar refractivity (Wildman–Crippen MR) is 115 cm³/mol. The number of nitrogens with zero attached hydrogens (tertiary/aromatic N) is 4. The SMILES string of the molecule is N#Cc1ccc(S(=O)(=O)N2CCN(C(=O)[C@@H]3CCCN3C(=O)c3cccs3)CC2)cc1. The maximum atomic E-state index is 13.1. The van der Waals surface area contributed by atoms with Crippen LogP contribution in [-0.4, -0.2) is 73.1 Å². The summed E-state index contributed by atoms with van der Waals surface area (Å²) < 4.78 is 27.1. The monoisotopic (exact) mass is 458 g/mol. The Morgan fingerprint density at radius 1 is 1.03 bits per heavy atom. The van der Waals surface area contributed by atoms with Crippen LogP contribution in [-0.2, 0) is 14.8 Å². The Balaban J connectivity index is 1.40. The summed E-state index contributed by atoms with van der Waals surface area (Å²) in [6, 6.07) is 10.9. The topological polar surface area (TPSA) is 102 Å². The number of amides is 2. The summed E-state index contributed by atoms with van der Waals surface area (Å²) in [6.45, 7) is 1.51. The lowest BCUT2D eigenvalue weighted by Gasteiger charge is -2.36. The van der Waals surface area contributed by atoms with Gasteiger partial charge in [-0.05, 0) is 48.6 Å². The van der Waals surface area contributed by atoms with Crippen LogP contribution in [0.1, 0.15) is 28.1 Å². The third kappa shape index (κ3) is 4.21. The van der Waals surface area contributed by atoms with E-state index in [9.17, 15) is 18.0 Å². The van der Waals surface area contributed by atoms with Crippen molar-refractivity contribution in [2.75, 3.05) is 32.7 Å². The van der Waals surface area contributed by atoms with E-state index in [1.165, 1.54) is 39.9 Å². The van der Waals surface area contributed by atoms with Gasteiger partial charge in [0, 0.05) is 32.7 Å². The zero-order valence-corrected chi connectivity index (χ0v) is 18.4. The van der Waals surface area contributed by atoms with Gasteiger partial charge in [-0.15, -0.1) is 11.3 Å². The number of carbonyl (C=O) groups excluding carboxylic acids is 2. The molecule has 1 aromatic heterocycles. The summed E-state index contributed by atoms with van der Waals surface area (Å²) in [6.07, 6.45) is 1.40. The van der Waals surface area contributed by atoms with E-state index >= 15 is 0 Å². The molecule has 2 aliphatic rings. The molecule has 10 heteroatoms. The van der Waals surface area contributed by atoms with Crippen LogP contribution in [0.5, 0.6) is 0 Å². The van der Waals surface area contributed by atoms with Gasteiger partial charge in [0.2, 0.25) is 15.9 Å². The first-order chi connectivity index (χ1) is 14.9. The Labute approximate surface area is 185 Å². The van der Waals surface area contributed by atoms with Crippen molar-refractivity contribution in [3.05, 3.63) is 52.2 Å². The van der Waals surface area contributed by atoms with Gasteiger partial charge < -0.3 is 9.80 Å². The minimum Gasteiger partial charge on any atom is -0.338 e. The van der Waals surface area contributed by atoms with Gasteiger partial charge in [0.1, 0.15) is 6.04 Å². The van der Waals surface area contributed by atoms with Crippen LogP contribution in [0.4, 0.5) is 0 Å². The average molecular weight is 459 g/mol. The summed E-state index contributed by atoms with van der Waals surface area (Å²) >= 11 is 1.36. The first-order valence-corrected chi connectivity index (χ1v) is 12.4. The first-order valence-electron chi connectivity index (χ1n) is 10.1. The van der Waals surface area contributed by atoms with Crippen molar-refractivity contribution in [2.24, 2.45) is 0 Å². The highest BCUT2D eigenvalue weighted by molar-refractivity contribution is 7.89. The van der Waals surface area contributed by atoms with Gasteiger partial charge in [0.05, 0.1) is 21.4 Å². The second-order valence-electron chi connectivity index (χ2n) is 7.50. The third-order valence-corrected chi connectivity index (χ3v) is 8.47. The predicted octanol–water partition coefficient (Wildman–Crippen LogP) is 1.76. The quantitative estimate of drug-likeness (QED) is 0.695. The molecule has 1 aromatic carbocycles. The normalized spacial score (nSPS) is 19.9. The zero-order valence-electron chi connectivity index (χ0n) is 16.8. The second-order valence-corrected chi connectivity index (χ2v) is 10.4. The second kappa shape index (κ2) is 8.78. The lowest BCUT2D eigenvalue weighted by molar-refractivity contribution is -0.136. The van der Waals surface area contributed by atoms with Crippen molar-refractivity contribution in [3.63, 3.8) is 0 Å². The van der Waals surface area contributed by atoms with Gasteiger partial charge in [-0.25, -0.2) is 8.42 Å². The molecule has 3 heterocycles. The maximum Gasteiger partial charge on any atom is 0.264 e. The Kier molecular flexibility index (Phi) is 6.09. The van der Waals surface area contributed by atoms with E-state index in [4.69, 9.17) is 5.26 Å². The van der Waals surface area contributed by atoms with Gasteiger partial charge in [-0.2, -0.15) is 9.57 Å². The number of thiophene rings is 1. The van der Waals surface area contributed by atoms with Crippen LogP contribution in [0, 0.1) is 11.3 Å². The van der Waals surface area contributed by atoms with E-state index in [1.807, 2.05) is 17.5 Å². The molecule has 31 heavy (non-hydrogen) atoms. The fraction of sp³-hybridized carbons (Fsp3) is 0.381. The molecule has 2 aliphatic heterocycles. The number of likely N-dealkylation sites (tertiary alicyclic amines) is 1. The number of sulfonamides is 1. The van der Waals surface area contributed by atoms with Gasteiger partial charge >= 0.3 is 0 Å². The number of hydrogen-bond acceptors (Lipinski definition) is 6. The molecule has 0 spiro atoms. The minimum atomic E-state index is -3.69. The van der Waals surface area contributed by atoms with Gasteiger partial charge in [-0.3, -0.25) is 9.59 Å². The van der Waals surface area contributed by atoms with Gasteiger partial charge in [0.15, 0.2) is 0 Å². The number of nitriles is 1. The van der Waals surface area contributed by atoms with Crippen LogP contribution >= 0.6 is 11.3 Å². The highest BCUT2D eigenvalue weighted by Crippen LogP contribution is 2.25. The molecule has 0 radical (unpaired) electrons. The smallest absolute Gasteiger partial charge is 0.264 e. The minimum absolute atomic E-state index is 0.113. The summed E-state index contributed by atoms with van der Waals surface area (Å²) in [7, 11) is -3.69. The Hall–Kier alpha value is -2.74. The van der Waals surface area contributed by atoms with Crippen LogP contribution in [0.15, 0.2) is 46.7 Å². The first kappa shape index (κ1) is 21.5. The van der Waals surface area contributed by atoms with E-state index in [1.54, 1.807) is 15.9 Å². The molecule has 1 atom stereocenters. The third-order valence-electron chi connectivity index (χ3n) is 5.70. The molecule has 4 rings (SSSR count). The molecule has 8 nitrogen and oxygen atoms in total. The maximum absolute atomic E-state index is 13.1. The molecule has 0 unspecified atom stereocenters. The molecule has 2 saturated heterocycles. The number of benzene rings is 1. The number of piperazine rings is 1.